The maximum atomic E-state index is 13.0. The normalized spacial score (nSPS) is 11.9. The third-order valence-electron chi connectivity index (χ3n) is 4.74. The van der Waals surface area contributed by atoms with Crippen molar-refractivity contribution in [3.05, 3.63) is 54.1 Å². The highest BCUT2D eigenvalue weighted by molar-refractivity contribution is 6.07. The Balaban J connectivity index is 2.09. The van der Waals surface area contributed by atoms with Crippen LogP contribution in [0.1, 0.15) is 37.0 Å². The van der Waals surface area contributed by atoms with Crippen LogP contribution in [-0.2, 0) is 0 Å². The number of hydrogen-bond donors (Lipinski definition) is 1. The third kappa shape index (κ3) is 4.09. The second kappa shape index (κ2) is 8.74. The minimum Gasteiger partial charge on any atom is -0.493 e. The number of pyridine rings is 1. The van der Waals surface area contributed by atoms with Crippen molar-refractivity contribution in [2.45, 2.75) is 32.7 Å². The fourth-order valence-corrected chi connectivity index (χ4v) is 3.31. The van der Waals surface area contributed by atoms with E-state index in [0.29, 0.717) is 22.8 Å². The van der Waals surface area contributed by atoms with Crippen molar-refractivity contribution in [3.8, 4) is 22.8 Å². The van der Waals surface area contributed by atoms with E-state index >= 15 is 0 Å². The molecule has 3 aromatic rings. The lowest BCUT2D eigenvalue weighted by atomic mass is 10.0. The molecule has 1 N–H and O–H groups in total. The zero-order chi connectivity index (χ0) is 20.1. The summed E-state index contributed by atoms with van der Waals surface area (Å²) in [5.74, 6) is 1.19. The second-order valence-electron chi connectivity index (χ2n) is 6.81. The molecule has 0 fully saturated rings. The van der Waals surface area contributed by atoms with Gasteiger partial charge in [-0.15, -0.1) is 0 Å². The molecule has 1 atom stereocenters. The van der Waals surface area contributed by atoms with Crippen LogP contribution in [0.25, 0.3) is 22.2 Å². The lowest BCUT2D eigenvalue weighted by Gasteiger charge is -2.15. The lowest BCUT2D eigenvalue weighted by molar-refractivity contribution is 0.0940. The van der Waals surface area contributed by atoms with Crippen molar-refractivity contribution >= 4 is 16.8 Å². The van der Waals surface area contributed by atoms with Gasteiger partial charge in [-0.2, -0.15) is 0 Å². The van der Waals surface area contributed by atoms with Crippen LogP contribution in [-0.4, -0.2) is 31.2 Å². The summed E-state index contributed by atoms with van der Waals surface area (Å²) in [6, 6.07) is 15.3. The summed E-state index contributed by atoms with van der Waals surface area (Å²) >= 11 is 0. The van der Waals surface area contributed by atoms with Gasteiger partial charge in [-0.1, -0.05) is 31.5 Å². The zero-order valence-electron chi connectivity index (χ0n) is 16.8. The van der Waals surface area contributed by atoms with Gasteiger partial charge in [-0.05, 0) is 43.7 Å². The number of carbonyl (C=O) groups excluding carboxylic acids is 1. The van der Waals surface area contributed by atoms with Crippen LogP contribution in [0.4, 0.5) is 0 Å². The van der Waals surface area contributed by atoms with E-state index in [4.69, 9.17) is 14.5 Å². The van der Waals surface area contributed by atoms with Crippen molar-refractivity contribution in [2.24, 2.45) is 0 Å². The summed E-state index contributed by atoms with van der Waals surface area (Å²) < 4.78 is 10.7. The monoisotopic (exact) mass is 378 g/mol. The number of ether oxygens (including phenoxy) is 2. The molecule has 28 heavy (non-hydrogen) atoms. The van der Waals surface area contributed by atoms with E-state index < -0.39 is 0 Å². The number of rotatable bonds is 7. The molecule has 0 spiro atoms. The molecule has 0 radical (unpaired) electrons. The summed E-state index contributed by atoms with van der Waals surface area (Å²) in [5, 5.41) is 3.94. The molecule has 1 aromatic heterocycles. The van der Waals surface area contributed by atoms with Crippen LogP contribution in [0.5, 0.6) is 11.5 Å². The standard InChI is InChI=1S/C23H26N2O3/c1-5-8-15(2)24-23(26)18-14-20(25-19-10-7-6-9-17(18)19)16-11-12-21(27-3)22(13-16)28-4/h6-7,9-15H,5,8H2,1-4H3,(H,24,26). The molecule has 1 unspecified atom stereocenters. The zero-order valence-corrected chi connectivity index (χ0v) is 16.8. The number of hydrogen-bond acceptors (Lipinski definition) is 4. The molecule has 0 aliphatic heterocycles. The molecule has 0 aliphatic carbocycles. The topological polar surface area (TPSA) is 60.5 Å². The smallest absolute Gasteiger partial charge is 0.252 e. The molecule has 5 heteroatoms. The Morgan fingerprint density at radius 1 is 1.07 bits per heavy atom. The van der Waals surface area contributed by atoms with Crippen molar-refractivity contribution in [3.63, 3.8) is 0 Å². The Morgan fingerprint density at radius 3 is 2.54 bits per heavy atom. The van der Waals surface area contributed by atoms with E-state index in [2.05, 4.69) is 12.2 Å². The Bertz CT molecular complexity index is 985. The van der Waals surface area contributed by atoms with E-state index in [0.717, 1.165) is 29.3 Å². The molecule has 146 valence electrons. The lowest BCUT2D eigenvalue weighted by Crippen LogP contribution is -2.32. The Morgan fingerprint density at radius 2 is 1.82 bits per heavy atom. The van der Waals surface area contributed by atoms with Crippen LogP contribution < -0.4 is 14.8 Å². The van der Waals surface area contributed by atoms with Crippen molar-refractivity contribution in [1.82, 2.24) is 10.3 Å². The fourth-order valence-electron chi connectivity index (χ4n) is 3.31. The number of carbonyl (C=O) groups is 1. The Hall–Kier alpha value is -3.08. The van der Waals surface area contributed by atoms with Crippen LogP contribution in [0.3, 0.4) is 0 Å². The van der Waals surface area contributed by atoms with E-state index in [1.54, 1.807) is 14.2 Å². The molecule has 5 nitrogen and oxygen atoms in total. The minimum atomic E-state index is -0.0822. The van der Waals surface area contributed by atoms with E-state index in [-0.39, 0.29) is 11.9 Å². The number of aromatic nitrogens is 1. The summed E-state index contributed by atoms with van der Waals surface area (Å²) in [6.07, 6.45) is 1.97. The van der Waals surface area contributed by atoms with Crippen molar-refractivity contribution < 1.29 is 14.3 Å². The van der Waals surface area contributed by atoms with Gasteiger partial charge in [0.15, 0.2) is 11.5 Å². The van der Waals surface area contributed by atoms with Crippen LogP contribution in [0.2, 0.25) is 0 Å². The summed E-state index contributed by atoms with van der Waals surface area (Å²) in [7, 11) is 3.20. The van der Waals surface area contributed by atoms with Gasteiger partial charge < -0.3 is 14.8 Å². The minimum absolute atomic E-state index is 0.0822. The van der Waals surface area contributed by atoms with Gasteiger partial charge in [0, 0.05) is 17.0 Å². The molecular formula is C23H26N2O3. The van der Waals surface area contributed by atoms with E-state index in [9.17, 15) is 4.79 Å². The summed E-state index contributed by atoms with van der Waals surface area (Å²) in [6.45, 7) is 4.14. The maximum Gasteiger partial charge on any atom is 0.252 e. The number of benzene rings is 2. The Labute approximate surface area is 165 Å². The van der Waals surface area contributed by atoms with Crippen molar-refractivity contribution in [2.75, 3.05) is 14.2 Å². The summed E-state index contributed by atoms with van der Waals surface area (Å²) in [4.78, 5) is 17.7. The fraction of sp³-hybridized carbons (Fsp3) is 0.304. The highest BCUT2D eigenvalue weighted by atomic mass is 16.5. The van der Waals surface area contributed by atoms with Gasteiger partial charge in [0.2, 0.25) is 0 Å². The number of methoxy groups -OCH3 is 2. The van der Waals surface area contributed by atoms with Crippen LogP contribution >= 0.6 is 0 Å². The first-order valence-corrected chi connectivity index (χ1v) is 9.50. The third-order valence-corrected chi connectivity index (χ3v) is 4.74. The van der Waals surface area contributed by atoms with Crippen LogP contribution in [0, 0.1) is 0 Å². The first-order chi connectivity index (χ1) is 13.6. The molecule has 0 saturated heterocycles. The number of fused-ring (bicyclic) bond motifs is 1. The number of amides is 1. The van der Waals surface area contributed by atoms with Gasteiger partial charge in [-0.3, -0.25) is 4.79 Å². The molecule has 3 rings (SSSR count). The average Bonchev–Trinajstić information content (AvgIpc) is 2.72. The first-order valence-electron chi connectivity index (χ1n) is 9.50. The van der Waals surface area contributed by atoms with Gasteiger partial charge in [-0.25, -0.2) is 4.98 Å². The highest BCUT2D eigenvalue weighted by Gasteiger charge is 2.16. The SMILES string of the molecule is CCCC(C)NC(=O)c1cc(-c2ccc(OC)c(OC)c2)nc2ccccc12. The number of nitrogens with one attached hydrogen (secondary N) is 1. The Kier molecular flexibility index (Phi) is 6.14. The van der Waals surface area contributed by atoms with Crippen molar-refractivity contribution in [1.29, 1.82) is 0 Å². The predicted molar refractivity (Wildman–Crippen MR) is 112 cm³/mol. The maximum absolute atomic E-state index is 13.0. The second-order valence-corrected chi connectivity index (χ2v) is 6.81. The van der Waals surface area contributed by atoms with Gasteiger partial charge in [0.25, 0.3) is 5.91 Å². The molecular weight excluding hydrogens is 352 g/mol. The molecule has 0 saturated carbocycles. The van der Waals surface area contributed by atoms with Gasteiger partial charge in [0.1, 0.15) is 0 Å². The molecule has 0 bridgehead atoms. The average molecular weight is 378 g/mol. The largest absolute Gasteiger partial charge is 0.493 e. The van der Waals surface area contributed by atoms with E-state index in [1.807, 2.05) is 55.5 Å². The predicted octanol–water partition coefficient (Wildman–Crippen LogP) is 4.84. The summed E-state index contributed by atoms with van der Waals surface area (Å²) in [5.41, 5.74) is 2.98. The molecule has 2 aromatic carbocycles. The molecule has 1 heterocycles. The molecule has 0 aliphatic rings. The van der Waals surface area contributed by atoms with Crippen LogP contribution in [0.15, 0.2) is 48.5 Å². The van der Waals surface area contributed by atoms with Gasteiger partial charge >= 0.3 is 0 Å². The number of para-hydroxylation sites is 1. The van der Waals surface area contributed by atoms with Gasteiger partial charge in [0.05, 0.1) is 31.0 Å². The number of nitrogens with zero attached hydrogens (tertiary/aromatic N) is 1. The first kappa shape index (κ1) is 19.7. The quantitative estimate of drug-likeness (QED) is 0.639. The highest BCUT2D eigenvalue weighted by Crippen LogP contribution is 2.33. The van der Waals surface area contributed by atoms with E-state index in [1.165, 1.54) is 0 Å². The molecule has 1 amide bonds.